The van der Waals surface area contributed by atoms with Crippen LogP contribution in [0.1, 0.15) is 5.56 Å². The van der Waals surface area contributed by atoms with Crippen molar-refractivity contribution in [3.8, 4) is 17.2 Å². The summed E-state index contributed by atoms with van der Waals surface area (Å²) in [6.07, 6.45) is 0.806. The van der Waals surface area contributed by atoms with Crippen LogP contribution in [0.3, 0.4) is 0 Å². The van der Waals surface area contributed by atoms with Crippen LogP contribution in [0, 0.1) is 0 Å². The van der Waals surface area contributed by atoms with Crippen molar-refractivity contribution in [2.24, 2.45) is 0 Å². The number of benzene rings is 2. The fourth-order valence-corrected chi connectivity index (χ4v) is 2.40. The summed E-state index contributed by atoms with van der Waals surface area (Å²) in [4.78, 5) is 0. The van der Waals surface area contributed by atoms with E-state index >= 15 is 0 Å². The molecule has 0 aliphatic rings. The Labute approximate surface area is 119 Å². The van der Waals surface area contributed by atoms with E-state index in [1.54, 1.807) is 28.4 Å². The highest BCUT2D eigenvalue weighted by Crippen LogP contribution is 2.41. The van der Waals surface area contributed by atoms with Crippen LogP contribution in [0.5, 0.6) is 17.2 Å². The Kier molecular flexibility index (Phi) is 4.69. The Morgan fingerprint density at radius 1 is 0.700 bits per heavy atom. The summed E-state index contributed by atoms with van der Waals surface area (Å²) >= 11 is 0. The van der Waals surface area contributed by atoms with Crippen molar-refractivity contribution in [1.29, 1.82) is 0 Å². The predicted molar refractivity (Wildman–Crippen MR) is 79.2 cm³/mol. The van der Waals surface area contributed by atoms with Crippen molar-refractivity contribution >= 4 is 10.8 Å². The topological polar surface area (TPSA) is 36.9 Å². The van der Waals surface area contributed by atoms with Crippen molar-refractivity contribution in [1.82, 2.24) is 0 Å². The Bertz CT molecular complexity index is 582. The first-order valence-electron chi connectivity index (χ1n) is 6.46. The first kappa shape index (κ1) is 14.5. The van der Waals surface area contributed by atoms with Crippen molar-refractivity contribution in [3.63, 3.8) is 0 Å². The summed E-state index contributed by atoms with van der Waals surface area (Å²) in [5.74, 6) is 2.36. The molecule has 0 amide bonds. The molecule has 2 aromatic carbocycles. The van der Waals surface area contributed by atoms with Gasteiger partial charge in [-0.3, -0.25) is 0 Å². The summed E-state index contributed by atoms with van der Waals surface area (Å²) in [7, 11) is 6.68. The molecular weight excluding hydrogens is 256 g/mol. The SMILES string of the molecule is COCCc1ccc(OC)c2c(OC)ccc(OC)c12. The van der Waals surface area contributed by atoms with E-state index in [2.05, 4.69) is 0 Å². The third-order valence-corrected chi connectivity index (χ3v) is 3.37. The molecule has 108 valence electrons. The highest BCUT2D eigenvalue weighted by atomic mass is 16.5. The van der Waals surface area contributed by atoms with Gasteiger partial charge in [-0.25, -0.2) is 0 Å². The molecule has 0 spiro atoms. The van der Waals surface area contributed by atoms with Crippen LogP contribution >= 0.6 is 0 Å². The molecule has 0 heterocycles. The molecule has 0 aliphatic carbocycles. The van der Waals surface area contributed by atoms with Crippen molar-refractivity contribution < 1.29 is 18.9 Å². The van der Waals surface area contributed by atoms with Crippen LogP contribution in [-0.4, -0.2) is 35.0 Å². The predicted octanol–water partition coefficient (Wildman–Crippen LogP) is 3.05. The summed E-state index contributed by atoms with van der Waals surface area (Å²) in [6, 6.07) is 7.80. The second kappa shape index (κ2) is 6.48. The minimum absolute atomic E-state index is 0.655. The highest BCUT2D eigenvalue weighted by Gasteiger charge is 2.15. The van der Waals surface area contributed by atoms with Gasteiger partial charge in [0.2, 0.25) is 0 Å². The van der Waals surface area contributed by atoms with E-state index in [0.717, 1.165) is 40.0 Å². The van der Waals surface area contributed by atoms with E-state index < -0.39 is 0 Å². The standard InChI is InChI=1S/C16H20O4/c1-17-10-9-11-5-6-13(19-3)16-14(20-4)8-7-12(18-2)15(11)16/h5-8H,9-10H2,1-4H3. The van der Waals surface area contributed by atoms with Crippen LogP contribution in [0.25, 0.3) is 10.8 Å². The van der Waals surface area contributed by atoms with Gasteiger partial charge in [-0.1, -0.05) is 6.07 Å². The van der Waals surface area contributed by atoms with E-state index in [1.165, 1.54) is 0 Å². The zero-order valence-corrected chi connectivity index (χ0v) is 12.4. The molecule has 0 unspecified atom stereocenters. The van der Waals surface area contributed by atoms with Crippen molar-refractivity contribution in [2.75, 3.05) is 35.0 Å². The van der Waals surface area contributed by atoms with Crippen LogP contribution in [0.2, 0.25) is 0 Å². The third-order valence-electron chi connectivity index (χ3n) is 3.37. The van der Waals surface area contributed by atoms with Crippen LogP contribution < -0.4 is 14.2 Å². The zero-order chi connectivity index (χ0) is 14.5. The average Bonchev–Trinajstić information content (AvgIpc) is 2.51. The van der Waals surface area contributed by atoms with Gasteiger partial charge in [0.25, 0.3) is 0 Å². The quantitative estimate of drug-likeness (QED) is 0.812. The lowest BCUT2D eigenvalue weighted by atomic mass is 9.99. The Morgan fingerprint density at radius 3 is 1.70 bits per heavy atom. The maximum atomic E-state index is 5.50. The highest BCUT2D eigenvalue weighted by molar-refractivity contribution is 6.00. The molecule has 0 aromatic heterocycles. The average molecular weight is 276 g/mol. The summed E-state index contributed by atoms with van der Waals surface area (Å²) < 4.78 is 21.6. The molecule has 0 radical (unpaired) electrons. The van der Waals surface area contributed by atoms with Gasteiger partial charge in [0.1, 0.15) is 17.2 Å². The molecule has 2 aromatic rings. The van der Waals surface area contributed by atoms with Crippen LogP contribution in [0.4, 0.5) is 0 Å². The summed E-state index contributed by atoms with van der Waals surface area (Å²) in [5.41, 5.74) is 1.15. The zero-order valence-electron chi connectivity index (χ0n) is 12.4. The number of hydrogen-bond donors (Lipinski definition) is 0. The van der Waals surface area contributed by atoms with Crippen molar-refractivity contribution in [3.05, 3.63) is 29.8 Å². The van der Waals surface area contributed by atoms with Gasteiger partial charge in [0.05, 0.1) is 33.3 Å². The third kappa shape index (κ3) is 2.51. The van der Waals surface area contributed by atoms with Gasteiger partial charge in [0, 0.05) is 12.5 Å². The molecule has 20 heavy (non-hydrogen) atoms. The molecule has 0 atom stereocenters. The van der Waals surface area contributed by atoms with E-state index in [9.17, 15) is 0 Å². The van der Waals surface area contributed by atoms with Crippen LogP contribution in [0.15, 0.2) is 24.3 Å². The van der Waals surface area contributed by atoms with Gasteiger partial charge in [-0.05, 0) is 30.2 Å². The molecule has 0 fully saturated rings. The maximum absolute atomic E-state index is 5.50. The number of rotatable bonds is 6. The van der Waals surface area contributed by atoms with Gasteiger partial charge in [-0.2, -0.15) is 0 Å². The lowest BCUT2D eigenvalue weighted by molar-refractivity contribution is 0.202. The number of hydrogen-bond acceptors (Lipinski definition) is 4. The maximum Gasteiger partial charge on any atom is 0.130 e. The fraction of sp³-hybridized carbons (Fsp3) is 0.375. The van der Waals surface area contributed by atoms with Gasteiger partial charge >= 0.3 is 0 Å². The second-order valence-corrected chi connectivity index (χ2v) is 4.39. The lowest BCUT2D eigenvalue weighted by Gasteiger charge is -2.16. The summed E-state index contributed by atoms with van der Waals surface area (Å²) in [6.45, 7) is 0.655. The Morgan fingerprint density at radius 2 is 1.20 bits per heavy atom. The second-order valence-electron chi connectivity index (χ2n) is 4.39. The number of ether oxygens (including phenoxy) is 4. The Balaban J connectivity index is 2.76. The van der Waals surface area contributed by atoms with E-state index in [4.69, 9.17) is 18.9 Å². The first-order chi connectivity index (χ1) is 9.76. The Hall–Kier alpha value is -1.94. The van der Waals surface area contributed by atoms with Gasteiger partial charge < -0.3 is 18.9 Å². The molecule has 0 N–H and O–H groups in total. The monoisotopic (exact) mass is 276 g/mol. The normalized spacial score (nSPS) is 10.6. The van der Waals surface area contributed by atoms with E-state index in [-0.39, 0.29) is 0 Å². The van der Waals surface area contributed by atoms with Crippen molar-refractivity contribution in [2.45, 2.75) is 6.42 Å². The smallest absolute Gasteiger partial charge is 0.130 e. The van der Waals surface area contributed by atoms with E-state index in [1.807, 2.05) is 24.3 Å². The lowest BCUT2D eigenvalue weighted by Crippen LogP contribution is -1.99. The molecule has 0 aliphatic heterocycles. The minimum atomic E-state index is 0.655. The molecule has 0 bridgehead atoms. The number of methoxy groups -OCH3 is 4. The van der Waals surface area contributed by atoms with Gasteiger partial charge in [-0.15, -0.1) is 0 Å². The van der Waals surface area contributed by atoms with Gasteiger partial charge in [0.15, 0.2) is 0 Å². The number of fused-ring (bicyclic) bond motifs is 1. The molecule has 4 heteroatoms. The first-order valence-corrected chi connectivity index (χ1v) is 6.46. The molecule has 0 saturated carbocycles. The van der Waals surface area contributed by atoms with E-state index in [0.29, 0.717) is 6.61 Å². The molecular formula is C16H20O4. The fourth-order valence-electron chi connectivity index (χ4n) is 2.40. The van der Waals surface area contributed by atoms with Crippen LogP contribution in [-0.2, 0) is 11.2 Å². The molecule has 2 rings (SSSR count). The molecule has 4 nitrogen and oxygen atoms in total. The minimum Gasteiger partial charge on any atom is -0.496 e. The molecule has 0 saturated heterocycles. The summed E-state index contributed by atoms with van der Waals surface area (Å²) in [5, 5.41) is 1.95. The largest absolute Gasteiger partial charge is 0.496 e.